The van der Waals surface area contributed by atoms with Crippen LogP contribution in [0.4, 0.5) is 0 Å². The highest BCUT2D eigenvalue weighted by molar-refractivity contribution is 5.96. The maximum absolute atomic E-state index is 12.0. The number of hydrogen-bond acceptors (Lipinski definition) is 3. The molecule has 29 heavy (non-hydrogen) atoms. The lowest BCUT2D eigenvalue weighted by molar-refractivity contribution is -0.117. The monoisotopic (exact) mass is 393 g/mol. The minimum absolute atomic E-state index is 0.171. The number of hydrogen-bond donors (Lipinski definition) is 3. The zero-order valence-corrected chi connectivity index (χ0v) is 16.6. The topological polar surface area (TPSA) is 99.8 Å². The predicted molar refractivity (Wildman–Crippen MR) is 113 cm³/mol. The molecule has 0 aromatic heterocycles. The van der Waals surface area contributed by atoms with Crippen molar-refractivity contribution in [3.63, 3.8) is 0 Å². The molecule has 0 saturated heterocycles. The van der Waals surface area contributed by atoms with Gasteiger partial charge < -0.3 is 21.3 Å². The SMILES string of the molecule is CCNC(=NCc1ccc(C(=O)NCC(N)=O)cc1)N1CCc2ccccc2C1. The standard InChI is InChI=1S/C22H27N5O2/c1-2-24-22(27-12-11-17-5-3-4-6-19(17)15-27)26-13-16-7-9-18(10-8-16)21(29)25-14-20(23)28/h3-10H,2,11-15H2,1H3,(H2,23,28)(H,24,26)(H,25,29). The van der Waals surface area contributed by atoms with E-state index in [2.05, 4.69) is 46.7 Å². The second kappa shape index (κ2) is 9.73. The molecule has 0 unspecified atom stereocenters. The molecule has 2 amide bonds. The van der Waals surface area contributed by atoms with Crippen LogP contribution in [0.25, 0.3) is 0 Å². The van der Waals surface area contributed by atoms with E-state index in [-0.39, 0.29) is 12.5 Å². The Kier molecular flexibility index (Phi) is 6.84. The van der Waals surface area contributed by atoms with Gasteiger partial charge in [0, 0.05) is 25.2 Å². The zero-order valence-electron chi connectivity index (χ0n) is 16.6. The molecule has 1 aliphatic heterocycles. The van der Waals surface area contributed by atoms with E-state index in [4.69, 9.17) is 10.7 Å². The number of nitrogens with two attached hydrogens (primary N) is 1. The van der Waals surface area contributed by atoms with Crippen molar-refractivity contribution in [2.75, 3.05) is 19.6 Å². The third-order valence-electron chi connectivity index (χ3n) is 4.82. The number of nitrogens with one attached hydrogen (secondary N) is 2. The fourth-order valence-electron chi connectivity index (χ4n) is 3.30. The average molecular weight is 393 g/mol. The molecule has 1 aliphatic rings. The van der Waals surface area contributed by atoms with Gasteiger partial charge in [-0.15, -0.1) is 0 Å². The van der Waals surface area contributed by atoms with Gasteiger partial charge in [0.05, 0.1) is 13.1 Å². The second-order valence-electron chi connectivity index (χ2n) is 6.96. The van der Waals surface area contributed by atoms with Gasteiger partial charge in [0.25, 0.3) is 5.91 Å². The molecule has 2 aromatic carbocycles. The fourth-order valence-corrected chi connectivity index (χ4v) is 3.30. The van der Waals surface area contributed by atoms with Crippen LogP contribution in [0.15, 0.2) is 53.5 Å². The minimum atomic E-state index is -0.569. The maximum Gasteiger partial charge on any atom is 0.251 e. The molecule has 0 aliphatic carbocycles. The Hall–Kier alpha value is -3.35. The first-order valence-electron chi connectivity index (χ1n) is 9.82. The van der Waals surface area contributed by atoms with Gasteiger partial charge in [-0.05, 0) is 42.2 Å². The third kappa shape index (κ3) is 5.57. The summed E-state index contributed by atoms with van der Waals surface area (Å²) in [6, 6.07) is 15.7. The van der Waals surface area contributed by atoms with Gasteiger partial charge in [-0.1, -0.05) is 36.4 Å². The number of fused-ring (bicyclic) bond motifs is 1. The van der Waals surface area contributed by atoms with Gasteiger partial charge in [0.15, 0.2) is 5.96 Å². The van der Waals surface area contributed by atoms with Crippen molar-refractivity contribution in [1.82, 2.24) is 15.5 Å². The van der Waals surface area contributed by atoms with Crippen LogP contribution in [0, 0.1) is 0 Å². The molecule has 7 nitrogen and oxygen atoms in total. The number of nitrogens with zero attached hydrogens (tertiary/aromatic N) is 2. The minimum Gasteiger partial charge on any atom is -0.368 e. The molecular formula is C22H27N5O2. The maximum atomic E-state index is 12.0. The number of carbonyl (C=O) groups is 2. The highest BCUT2D eigenvalue weighted by atomic mass is 16.2. The Morgan fingerprint density at radius 3 is 2.48 bits per heavy atom. The largest absolute Gasteiger partial charge is 0.368 e. The van der Waals surface area contributed by atoms with Crippen LogP contribution in [-0.2, 0) is 24.3 Å². The van der Waals surface area contributed by atoms with Crippen molar-refractivity contribution in [3.8, 4) is 0 Å². The molecule has 7 heteroatoms. The van der Waals surface area contributed by atoms with Crippen LogP contribution in [0.1, 0.15) is 34.0 Å². The number of carbonyl (C=O) groups excluding carboxylic acids is 2. The number of primary amides is 1. The van der Waals surface area contributed by atoms with E-state index < -0.39 is 5.91 Å². The van der Waals surface area contributed by atoms with Gasteiger partial charge in [-0.2, -0.15) is 0 Å². The molecule has 0 bridgehead atoms. The van der Waals surface area contributed by atoms with Crippen molar-refractivity contribution in [3.05, 3.63) is 70.8 Å². The molecule has 4 N–H and O–H groups in total. The second-order valence-corrected chi connectivity index (χ2v) is 6.96. The molecule has 2 aromatic rings. The van der Waals surface area contributed by atoms with Gasteiger partial charge >= 0.3 is 0 Å². The Bertz CT molecular complexity index is 892. The molecule has 0 saturated carbocycles. The van der Waals surface area contributed by atoms with E-state index in [9.17, 15) is 9.59 Å². The van der Waals surface area contributed by atoms with Crippen LogP contribution >= 0.6 is 0 Å². The number of rotatable bonds is 6. The number of guanidine groups is 1. The molecule has 0 radical (unpaired) electrons. The Balaban J connectivity index is 1.64. The van der Waals surface area contributed by atoms with Crippen LogP contribution in [0.5, 0.6) is 0 Å². The Morgan fingerprint density at radius 2 is 1.79 bits per heavy atom. The molecule has 0 fully saturated rings. The van der Waals surface area contributed by atoms with Crippen molar-refractivity contribution < 1.29 is 9.59 Å². The van der Waals surface area contributed by atoms with E-state index in [0.29, 0.717) is 12.1 Å². The van der Waals surface area contributed by atoms with Gasteiger partial charge in [0.1, 0.15) is 0 Å². The first-order valence-corrected chi connectivity index (χ1v) is 9.82. The smallest absolute Gasteiger partial charge is 0.251 e. The molecular weight excluding hydrogens is 366 g/mol. The molecule has 0 atom stereocenters. The summed E-state index contributed by atoms with van der Waals surface area (Å²) in [7, 11) is 0. The summed E-state index contributed by atoms with van der Waals surface area (Å²) < 4.78 is 0. The molecule has 152 valence electrons. The Morgan fingerprint density at radius 1 is 1.07 bits per heavy atom. The quantitative estimate of drug-likeness (QED) is 0.511. The lowest BCUT2D eigenvalue weighted by Gasteiger charge is -2.31. The number of benzene rings is 2. The first-order chi connectivity index (χ1) is 14.1. The van der Waals surface area contributed by atoms with Crippen molar-refractivity contribution in [1.29, 1.82) is 0 Å². The first kappa shape index (κ1) is 20.4. The summed E-state index contributed by atoms with van der Waals surface area (Å²) in [5.74, 6) is 0.00468. The summed E-state index contributed by atoms with van der Waals surface area (Å²) in [6.45, 7) is 4.99. The van der Waals surface area contributed by atoms with Gasteiger partial charge in [-0.3, -0.25) is 9.59 Å². The lowest BCUT2D eigenvalue weighted by atomic mass is 10.0. The van der Waals surface area contributed by atoms with Crippen LogP contribution in [0.3, 0.4) is 0 Å². The number of amides is 2. The summed E-state index contributed by atoms with van der Waals surface area (Å²) >= 11 is 0. The summed E-state index contributed by atoms with van der Waals surface area (Å²) in [5, 5.41) is 5.86. The highest BCUT2D eigenvalue weighted by Gasteiger charge is 2.18. The Labute approximate surface area is 171 Å². The predicted octanol–water partition coefficient (Wildman–Crippen LogP) is 1.43. The van der Waals surface area contributed by atoms with E-state index in [1.54, 1.807) is 12.1 Å². The van der Waals surface area contributed by atoms with Gasteiger partial charge in [0.2, 0.25) is 5.91 Å². The summed E-state index contributed by atoms with van der Waals surface area (Å²) in [5.41, 5.74) is 9.28. The summed E-state index contributed by atoms with van der Waals surface area (Å²) in [4.78, 5) is 29.8. The molecule has 3 rings (SSSR count). The fraction of sp³-hybridized carbons (Fsp3) is 0.318. The van der Waals surface area contributed by atoms with E-state index >= 15 is 0 Å². The normalized spacial score (nSPS) is 13.6. The van der Waals surface area contributed by atoms with Gasteiger partial charge in [-0.25, -0.2) is 4.99 Å². The molecule has 1 heterocycles. The lowest BCUT2D eigenvalue weighted by Crippen LogP contribution is -2.44. The van der Waals surface area contributed by atoms with E-state index in [0.717, 1.165) is 37.6 Å². The van der Waals surface area contributed by atoms with Crippen molar-refractivity contribution >= 4 is 17.8 Å². The van der Waals surface area contributed by atoms with E-state index in [1.807, 2.05) is 12.1 Å². The van der Waals surface area contributed by atoms with Crippen LogP contribution in [-0.4, -0.2) is 42.3 Å². The van der Waals surface area contributed by atoms with Crippen LogP contribution in [0.2, 0.25) is 0 Å². The van der Waals surface area contributed by atoms with Crippen molar-refractivity contribution in [2.45, 2.75) is 26.4 Å². The third-order valence-corrected chi connectivity index (χ3v) is 4.82. The van der Waals surface area contributed by atoms with E-state index in [1.165, 1.54) is 11.1 Å². The highest BCUT2D eigenvalue weighted by Crippen LogP contribution is 2.18. The van der Waals surface area contributed by atoms with Crippen LogP contribution < -0.4 is 16.4 Å². The number of aliphatic imine (C=N–C) groups is 1. The summed E-state index contributed by atoms with van der Waals surface area (Å²) in [6.07, 6.45) is 1.01. The average Bonchev–Trinajstić information content (AvgIpc) is 2.75. The van der Waals surface area contributed by atoms with Crippen molar-refractivity contribution in [2.24, 2.45) is 10.7 Å². The molecule has 0 spiro atoms. The zero-order chi connectivity index (χ0) is 20.6.